The SMILES string of the molecule is NC(=S)CN(C(=O)c1ccc(Br)s1)C1CCCC1. The average molecular weight is 347 g/mol. The molecule has 0 radical (unpaired) electrons. The summed E-state index contributed by atoms with van der Waals surface area (Å²) in [4.78, 5) is 15.4. The zero-order chi connectivity index (χ0) is 13.1. The van der Waals surface area contributed by atoms with E-state index in [-0.39, 0.29) is 5.91 Å². The van der Waals surface area contributed by atoms with Crippen LogP contribution in [-0.4, -0.2) is 28.4 Å². The third kappa shape index (κ3) is 3.30. The lowest BCUT2D eigenvalue weighted by Crippen LogP contribution is -2.43. The van der Waals surface area contributed by atoms with Crippen molar-refractivity contribution in [3.05, 3.63) is 20.8 Å². The second kappa shape index (κ2) is 6.12. The molecule has 1 aromatic rings. The molecule has 0 aliphatic heterocycles. The summed E-state index contributed by atoms with van der Waals surface area (Å²) in [6.07, 6.45) is 4.47. The molecule has 0 unspecified atom stereocenters. The van der Waals surface area contributed by atoms with Crippen molar-refractivity contribution in [2.24, 2.45) is 5.73 Å². The smallest absolute Gasteiger partial charge is 0.264 e. The number of thiocarbonyl (C=S) groups is 1. The third-order valence-corrected chi connectivity index (χ3v) is 4.88. The number of nitrogens with two attached hydrogens (primary N) is 1. The van der Waals surface area contributed by atoms with Crippen LogP contribution in [0.5, 0.6) is 0 Å². The first-order valence-electron chi connectivity index (χ1n) is 5.92. The van der Waals surface area contributed by atoms with Gasteiger partial charge in [-0.25, -0.2) is 0 Å². The van der Waals surface area contributed by atoms with Crippen molar-refractivity contribution in [1.82, 2.24) is 4.90 Å². The molecular formula is C12H15BrN2OS2. The highest BCUT2D eigenvalue weighted by molar-refractivity contribution is 9.11. The van der Waals surface area contributed by atoms with Gasteiger partial charge in [-0.15, -0.1) is 11.3 Å². The summed E-state index contributed by atoms with van der Waals surface area (Å²) in [6.45, 7) is 0.383. The Hall–Kier alpha value is -0.460. The van der Waals surface area contributed by atoms with Crippen LogP contribution in [0.2, 0.25) is 0 Å². The van der Waals surface area contributed by atoms with Crippen LogP contribution in [0.1, 0.15) is 35.4 Å². The average Bonchev–Trinajstić information content (AvgIpc) is 2.95. The lowest BCUT2D eigenvalue weighted by molar-refractivity contribution is 0.0719. The number of thiophene rings is 1. The maximum absolute atomic E-state index is 12.5. The van der Waals surface area contributed by atoms with Crippen LogP contribution in [0.4, 0.5) is 0 Å². The van der Waals surface area contributed by atoms with Gasteiger partial charge >= 0.3 is 0 Å². The van der Waals surface area contributed by atoms with Gasteiger partial charge in [0, 0.05) is 6.04 Å². The van der Waals surface area contributed by atoms with Gasteiger partial charge in [0.15, 0.2) is 0 Å². The van der Waals surface area contributed by atoms with Gasteiger partial charge in [-0.05, 0) is 40.9 Å². The molecule has 0 saturated heterocycles. The number of carbonyl (C=O) groups excluding carboxylic acids is 1. The van der Waals surface area contributed by atoms with Gasteiger partial charge < -0.3 is 10.6 Å². The van der Waals surface area contributed by atoms with Gasteiger partial charge in [0.25, 0.3) is 5.91 Å². The maximum Gasteiger partial charge on any atom is 0.264 e. The number of amides is 1. The molecule has 1 saturated carbocycles. The first-order chi connectivity index (χ1) is 8.58. The second-order valence-electron chi connectivity index (χ2n) is 4.44. The van der Waals surface area contributed by atoms with E-state index in [4.69, 9.17) is 18.0 Å². The van der Waals surface area contributed by atoms with E-state index in [0.29, 0.717) is 17.6 Å². The Labute approximate surface area is 124 Å². The topological polar surface area (TPSA) is 46.3 Å². The van der Waals surface area contributed by atoms with Crippen LogP contribution < -0.4 is 5.73 Å². The summed E-state index contributed by atoms with van der Waals surface area (Å²) >= 11 is 9.79. The predicted molar refractivity (Wildman–Crippen MR) is 82.1 cm³/mol. The molecule has 0 bridgehead atoms. The molecule has 98 valence electrons. The molecule has 1 heterocycles. The Kier molecular flexibility index (Phi) is 4.75. The van der Waals surface area contributed by atoms with Crippen LogP contribution >= 0.6 is 39.5 Å². The lowest BCUT2D eigenvalue weighted by atomic mass is 10.2. The van der Waals surface area contributed by atoms with E-state index < -0.39 is 0 Å². The van der Waals surface area contributed by atoms with Crippen LogP contribution in [0.15, 0.2) is 15.9 Å². The van der Waals surface area contributed by atoms with Gasteiger partial charge in [-0.3, -0.25) is 4.79 Å². The van der Waals surface area contributed by atoms with E-state index in [1.54, 1.807) is 0 Å². The molecule has 18 heavy (non-hydrogen) atoms. The fourth-order valence-electron chi connectivity index (χ4n) is 2.32. The van der Waals surface area contributed by atoms with Gasteiger partial charge in [-0.1, -0.05) is 25.1 Å². The van der Waals surface area contributed by atoms with Crippen LogP contribution in [0.25, 0.3) is 0 Å². The quantitative estimate of drug-likeness (QED) is 0.851. The van der Waals surface area contributed by atoms with Crippen molar-refractivity contribution < 1.29 is 4.79 Å². The number of nitrogens with zero attached hydrogens (tertiary/aromatic N) is 1. The highest BCUT2D eigenvalue weighted by atomic mass is 79.9. The van der Waals surface area contributed by atoms with Crippen molar-refractivity contribution in [3.63, 3.8) is 0 Å². The summed E-state index contributed by atoms with van der Waals surface area (Å²) in [5.74, 6) is 0.0467. The Morgan fingerprint density at radius 2 is 2.17 bits per heavy atom. The summed E-state index contributed by atoms with van der Waals surface area (Å²) in [6, 6.07) is 4.03. The largest absolute Gasteiger partial charge is 0.392 e. The first kappa shape index (κ1) is 14.0. The van der Waals surface area contributed by atoms with Crippen molar-refractivity contribution in [2.45, 2.75) is 31.7 Å². The highest BCUT2D eigenvalue weighted by Gasteiger charge is 2.28. The van der Waals surface area contributed by atoms with Gasteiger partial charge in [-0.2, -0.15) is 0 Å². The standard InChI is InChI=1S/C12H15BrN2OS2/c13-10-6-5-9(18-10)12(16)15(7-11(14)17)8-3-1-2-4-8/h5-6,8H,1-4,7H2,(H2,14,17). The monoisotopic (exact) mass is 346 g/mol. The summed E-state index contributed by atoms with van der Waals surface area (Å²) in [5, 5.41) is 0. The zero-order valence-corrected chi connectivity index (χ0v) is 13.1. The fourth-order valence-corrected chi connectivity index (χ4v) is 3.80. The Bertz CT molecular complexity index is 455. The fraction of sp³-hybridized carbons (Fsp3) is 0.500. The normalized spacial score (nSPS) is 15.8. The molecule has 1 aliphatic rings. The Balaban J connectivity index is 2.17. The van der Waals surface area contributed by atoms with E-state index in [1.807, 2.05) is 17.0 Å². The van der Waals surface area contributed by atoms with Gasteiger partial charge in [0.05, 0.1) is 20.2 Å². The number of rotatable bonds is 4. The number of carbonyl (C=O) groups is 1. The van der Waals surface area contributed by atoms with Crippen molar-refractivity contribution in [1.29, 1.82) is 0 Å². The molecule has 1 amide bonds. The number of hydrogen-bond acceptors (Lipinski definition) is 3. The number of hydrogen-bond donors (Lipinski definition) is 1. The Morgan fingerprint density at radius 3 is 2.67 bits per heavy atom. The molecule has 0 aromatic carbocycles. The van der Waals surface area contributed by atoms with Crippen LogP contribution in [0.3, 0.4) is 0 Å². The van der Waals surface area contributed by atoms with Crippen molar-refractivity contribution in [2.75, 3.05) is 6.54 Å². The molecule has 1 aromatic heterocycles. The second-order valence-corrected chi connectivity index (χ2v) is 7.43. The molecule has 0 atom stereocenters. The minimum atomic E-state index is 0.0467. The highest BCUT2D eigenvalue weighted by Crippen LogP contribution is 2.28. The van der Waals surface area contributed by atoms with Gasteiger partial charge in [0.2, 0.25) is 0 Å². The molecular weight excluding hydrogens is 332 g/mol. The molecule has 2 rings (SSSR count). The molecule has 0 spiro atoms. The zero-order valence-electron chi connectivity index (χ0n) is 9.89. The minimum Gasteiger partial charge on any atom is -0.392 e. The maximum atomic E-state index is 12.5. The minimum absolute atomic E-state index is 0.0467. The van der Waals surface area contributed by atoms with E-state index >= 15 is 0 Å². The molecule has 1 aliphatic carbocycles. The summed E-state index contributed by atoms with van der Waals surface area (Å²) in [7, 11) is 0. The Morgan fingerprint density at radius 1 is 1.50 bits per heavy atom. The summed E-state index contributed by atoms with van der Waals surface area (Å²) < 4.78 is 0.965. The van der Waals surface area contributed by atoms with Gasteiger partial charge in [0.1, 0.15) is 0 Å². The third-order valence-electron chi connectivity index (χ3n) is 3.14. The summed E-state index contributed by atoms with van der Waals surface area (Å²) in [5.41, 5.74) is 5.61. The van der Waals surface area contributed by atoms with E-state index in [9.17, 15) is 4.79 Å². The van der Waals surface area contributed by atoms with Crippen LogP contribution in [0, 0.1) is 0 Å². The number of halogens is 1. The van der Waals surface area contributed by atoms with E-state index in [0.717, 1.165) is 21.5 Å². The van der Waals surface area contributed by atoms with Crippen molar-refractivity contribution >= 4 is 50.4 Å². The molecule has 1 fully saturated rings. The van der Waals surface area contributed by atoms with E-state index in [1.165, 1.54) is 24.2 Å². The van der Waals surface area contributed by atoms with Crippen molar-refractivity contribution in [3.8, 4) is 0 Å². The van der Waals surface area contributed by atoms with Crippen LogP contribution in [-0.2, 0) is 0 Å². The lowest BCUT2D eigenvalue weighted by Gasteiger charge is -2.28. The molecule has 6 heteroatoms. The van der Waals surface area contributed by atoms with E-state index in [2.05, 4.69) is 15.9 Å². The molecule has 2 N–H and O–H groups in total. The first-order valence-corrected chi connectivity index (χ1v) is 7.94. The predicted octanol–water partition coefficient (Wildman–Crippen LogP) is 3.18. The molecule has 3 nitrogen and oxygen atoms in total.